The van der Waals surface area contributed by atoms with Gasteiger partial charge in [0.15, 0.2) is 0 Å². The molecule has 4 aliphatic carbocycles. The largest absolute Gasteiger partial charge is 0.319 e. The van der Waals surface area contributed by atoms with Gasteiger partial charge >= 0.3 is 0 Å². The third-order valence-corrected chi connectivity index (χ3v) is 7.43. The average molecular weight is 401 g/mol. The van der Waals surface area contributed by atoms with Crippen LogP contribution >= 0.6 is 23.2 Å². The fourth-order valence-electron chi connectivity index (χ4n) is 6.09. The van der Waals surface area contributed by atoms with E-state index in [4.69, 9.17) is 28.2 Å². The van der Waals surface area contributed by atoms with Gasteiger partial charge in [0.1, 0.15) is 0 Å². The van der Waals surface area contributed by atoms with Crippen molar-refractivity contribution < 1.29 is 4.79 Å². The highest BCUT2D eigenvalue weighted by Crippen LogP contribution is 2.60. The van der Waals surface area contributed by atoms with E-state index in [1.807, 2.05) is 6.07 Å². The summed E-state index contributed by atoms with van der Waals surface area (Å²) in [5.74, 6) is 2.34. The molecule has 0 unspecified atom stereocenters. The van der Waals surface area contributed by atoms with Gasteiger partial charge in [-0.3, -0.25) is 9.78 Å². The van der Waals surface area contributed by atoms with E-state index in [1.165, 1.54) is 38.5 Å². The van der Waals surface area contributed by atoms with Gasteiger partial charge in [0, 0.05) is 22.9 Å². The summed E-state index contributed by atoms with van der Waals surface area (Å²) in [6.07, 6.45) is 9.64. The van der Waals surface area contributed by atoms with Crippen molar-refractivity contribution in [2.75, 3.05) is 5.32 Å². The number of benzene rings is 1. The molecular weight excluding hydrogens is 379 g/mol. The van der Waals surface area contributed by atoms with Crippen molar-refractivity contribution >= 4 is 34.8 Å². The van der Waals surface area contributed by atoms with Crippen molar-refractivity contribution in [2.24, 2.45) is 17.8 Å². The Hall–Kier alpha value is -1.58. The molecule has 4 bridgehead atoms. The van der Waals surface area contributed by atoms with E-state index in [0.29, 0.717) is 21.3 Å². The van der Waals surface area contributed by atoms with Gasteiger partial charge in [0.05, 0.1) is 15.7 Å². The SMILES string of the molecule is O=C(Nc1c(Cl)cccc1Cl)c1ccnc(C23CC4CC(CC(C4)C2)C3)c1. The maximum absolute atomic E-state index is 12.8. The fraction of sp³-hybridized carbons (Fsp3) is 0.455. The fourth-order valence-corrected chi connectivity index (χ4v) is 6.58. The molecular formula is C22H22Cl2N2O. The molecule has 6 rings (SSSR count). The number of carbonyl (C=O) groups excluding carboxylic acids is 1. The highest BCUT2D eigenvalue weighted by Gasteiger charge is 2.52. The molecule has 5 heteroatoms. The van der Waals surface area contributed by atoms with Crippen molar-refractivity contribution in [3.05, 3.63) is 57.8 Å². The minimum Gasteiger partial charge on any atom is -0.319 e. The smallest absolute Gasteiger partial charge is 0.255 e. The van der Waals surface area contributed by atoms with Gasteiger partial charge in [0.2, 0.25) is 0 Å². The quantitative estimate of drug-likeness (QED) is 0.674. The molecule has 1 N–H and O–H groups in total. The lowest BCUT2D eigenvalue weighted by Crippen LogP contribution is -2.49. The van der Waals surface area contributed by atoms with Crippen LogP contribution in [0.15, 0.2) is 36.5 Å². The van der Waals surface area contributed by atoms with Gasteiger partial charge in [-0.05, 0) is 80.5 Å². The Bertz CT molecular complexity index is 855. The molecule has 4 fully saturated rings. The molecule has 0 saturated heterocycles. The molecule has 1 amide bonds. The standard InChI is InChI=1S/C22H22Cl2N2O/c23-17-2-1-3-18(24)20(17)26-21(27)16-4-5-25-19(9-16)22-10-13-6-14(11-22)8-15(7-13)12-22/h1-5,9,13-15H,6-8,10-12H2,(H,26,27). The Labute approximate surface area is 169 Å². The van der Waals surface area contributed by atoms with Gasteiger partial charge in [0.25, 0.3) is 5.91 Å². The molecule has 4 aliphatic rings. The number of pyridine rings is 1. The molecule has 0 atom stereocenters. The van der Waals surface area contributed by atoms with Crippen LogP contribution in [0.25, 0.3) is 0 Å². The van der Waals surface area contributed by atoms with E-state index in [1.54, 1.807) is 30.5 Å². The second-order valence-electron chi connectivity index (χ2n) is 8.68. The van der Waals surface area contributed by atoms with Crippen LogP contribution in [0.3, 0.4) is 0 Å². The molecule has 3 nitrogen and oxygen atoms in total. The molecule has 0 spiro atoms. The van der Waals surface area contributed by atoms with Crippen LogP contribution in [0, 0.1) is 17.8 Å². The van der Waals surface area contributed by atoms with Crippen molar-refractivity contribution in [2.45, 2.75) is 43.9 Å². The number of carbonyl (C=O) groups is 1. The minimum absolute atomic E-state index is 0.174. The molecule has 140 valence electrons. The number of aromatic nitrogens is 1. The van der Waals surface area contributed by atoms with Crippen molar-refractivity contribution in [3.63, 3.8) is 0 Å². The van der Waals surface area contributed by atoms with Crippen molar-refractivity contribution in [1.29, 1.82) is 0 Å². The van der Waals surface area contributed by atoms with Crippen molar-refractivity contribution in [3.8, 4) is 0 Å². The maximum Gasteiger partial charge on any atom is 0.255 e. The summed E-state index contributed by atoms with van der Waals surface area (Å²) < 4.78 is 0. The summed E-state index contributed by atoms with van der Waals surface area (Å²) in [5.41, 5.74) is 2.35. The van der Waals surface area contributed by atoms with Crippen LogP contribution in [0.5, 0.6) is 0 Å². The predicted octanol–water partition coefficient (Wildman–Crippen LogP) is 6.11. The third-order valence-electron chi connectivity index (χ3n) is 6.81. The summed E-state index contributed by atoms with van der Waals surface area (Å²) in [4.78, 5) is 17.6. The molecule has 1 aromatic heterocycles. The summed E-state index contributed by atoms with van der Waals surface area (Å²) in [7, 11) is 0. The first-order valence-electron chi connectivity index (χ1n) is 9.74. The minimum atomic E-state index is -0.196. The van der Waals surface area contributed by atoms with Crippen LogP contribution in [0.4, 0.5) is 5.69 Å². The first-order valence-corrected chi connectivity index (χ1v) is 10.5. The summed E-state index contributed by atoms with van der Waals surface area (Å²) in [5, 5.41) is 3.74. The zero-order chi connectivity index (χ0) is 18.6. The Morgan fingerprint density at radius 2 is 1.59 bits per heavy atom. The molecule has 4 saturated carbocycles. The van der Waals surface area contributed by atoms with E-state index in [9.17, 15) is 4.79 Å². The Morgan fingerprint density at radius 1 is 1.00 bits per heavy atom. The lowest BCUT2D eigenvalue weighted by atomic mass is 9.48. The second-order valence-corrected chi connectivity index (χ2v) is 9.49. The Balaban J connectivity index is 1.43. The number of para-hydroxylation sites is 1. The Morgan fingerprint density at radius 3 is 2.19 bits per heavy atom. The number of halogens is 2. The van der Waals surface area contributed by atoms with Crippen molar-refractivity contribution in [1.82, 2.24) is 4.98 Å². The van der Waals surface area contributed by atoms with Crippen LogP contribution in [0.2, 0.25) is 10.0 Å². The number of rotatable bonds is 3. The zero-order valence-corrected chi connectivity index (χ0v) is 16.6. The average Bonchev–Trinajstić information content (AvgIpc) is 2.64. The lowest BCUT2D eigenvalue weighted by Gasteiger charge is -2.56. The molecule has 1 heterocycles. The normalized spacial score (nSPS) is 31.1. The summed E-state index contributed by atoms with van der Waals surface area (Å²) in [6, 6.07) is 8.96. The molecule has 0 radical (unpaired) electrons. The van der Waals surface area contributed by atoms with E-state index >= 15 is 0 Å². The molecule has 2 aromatic rings. The number of hydrogen-bond donors (Lipinski definition) is 1. The lowest BCUT2D eigenvalue weighted by molar-refractivity contribution is -0.00721. The highest BCUT2D eigenvalue weighted by atomic mass is 35.5. The van der Waals surface area contributed by atoms with Crippen LogP contribution in [-0.2, 0) is 5.41 Å². The number of anilines is 1. The van der Waals surface area contributed by atoms with Crippen LogP contribution in [0.1, 0.15) is 54.6 Å². The predicted molar refractivity (Wildman–Crippen MR) is 109 cm³/mol. The Kier molecular flexibility index (Phi) is 4.21. The number of nitrogens with zero attached hydrogens (tertiary/aromatic N) is 1. The summed E-state index contributed by atoms with van der Waals surface area (Å²) in [6.45, 7) is 0. The number of amides is 1. The zero-order valence-electron chi connectivity index (χ0n) is 15.1. The van der Waals surface area contributed by atoms with Gasteiger partial charge in [-0.15, -0.1) is 0 Å². The topological polar surface area (TPSA) is 42.0 Å². The second kappa shape index (κ2) is 6.49. The maximum atomic E-state index is 12.8. The molecule has 1 aromatic carbocycles. The monoisotopic (exact) mass is 400 g/mol. The van der Waals surface area contributed by atoms with Crippen LogP contribution in [-0.4, -0.2) is 10.9 Å². The van der Waals surface area contributed by atoms with Crippen LogP contribution < -0.4 is 5.32 Å². The first kappa shape index (κ1) is 17.5. The third kappa shape index (κ3) is 3.05. The van der Waals surface area contributed by atoms with E-state index in [0.717, 1.165) is 23.4 Å². The van der Waals surface area contributed by atoms with E-state index < -0.39 is 0 Å². The van der Waals surface area contributed by atoms with Gasteiger partial charge in [-0.1, -0.05) is 29.3 Å². The highest BCUT2D eigenvalue weighted by molar-refractivity contribution is 6.40. The molecule has 0 aliphatic heterocycles. The van der Waals surface area contributed by atoms with Gasteiger partial charge in [-0.2, -0.15) is 0 Å². The number of hydrogen-bond acceptors (Lipinski definition) is 2. The molecule has 27 heavy (non-hydrogen) atoms. The summed E-state index contributed by atoms with van der Waals surface area (Å²) >= 11 is 12.4. The van der Waals surface area contributed by atoms with E-state index in [-0.39, 0.29) is 11.3 Å². The van der Waals surface area contributed by atoms with Gasteiger partial charge < -0.3 is 5.32 Å². The van der Waals surface area contributed by atoms with E-state index in [2.05, 4.69) is 5.32 Å². The number of nitrogens with one attached hydrogen (secondary N) is 1. The van der Waals surface area contributed by atoms with Gasteiger partial charge in [-0.25, -0.2) is 0 Å². The first-order chi connectivity index (χ1) is 13.0.